The average Bonchev–Trinajstić information content (AvgIpc) is 3.54. The lowest BCUT2D eigenvalue weighted by Gasteiger charge is -2.34. The standard InChI is InChI=1S/C29H31N5O2/c1-20-11-3-7-15-23(20)28(29(36)30-22-13-5-6-14-22)34(25-17-9-4-12-21(25)2)27(35)19-33-26-18-10-8-16-24(26)31-32-33/h3-4,7-12,15-18,22,28H,5-6,13-14,19H2,1-2H3,(H,30,36). The highest BCUT2D eigenvalue weighted by Crippen LogP contribution is 2.33. The minimum atomic E-state index is -0.810. The summed E-state index contributed by atoms with van der Waals surface area (Å²) in [5, 5.41) is 11.7. The molecule has 3 aromatic carbocycles. The summed E-state index contributed by atoms with van der Waals surface area (Å²) in [5.41, 5.74) is 4.90. The second-order valence-electron chi connectivity index (χ2n) is 9.54. The number of aryl methyl sites for hydroxylation is 2. The van der Waals surface area contributed by atoms with E-state index >= 15 is 0 Å². The predicted molar refractivity (Wildman–Crippen MR) is 141 cm³/mol. The van der Waals surface area contributed by atoms with Crippen molar-refractivity contribution in [1.29, 1.82) is 0 Å². The maximum atomic E-state index is 14.1. The third kappa shape index (κ3) is 4.73. The summed E-state index contributed by atoms with van der Waals surface area (Å²) in [6.45, 7) is 3.91. The summed E-state index contributed by atoms with van der Waals surface area (Å²) in [4.78, 5) is 29.7. The first kappa shape index (κ1) is 23.7. The van der Waals surface area contributed by atoms with E-state index in [9.17, 15) is 9.59 Å². The maximum absolute atomic E-state index is 14.1. The van der Waals surface area contributed by atoms with Gasteiger partial charge >= 0.3 is 0 Å². The fourth-order valence-corrected chi connectivity index (χ4v) is 5.13. The van der Waals surface area contributed by atoms with Gasteiger partial charge in [0, 0.05) is 11.7 Å². The van der Waals surface area contributed by atoms with Crippen LogP contribution in [0.5, 0.6) is 0 Å². The first-order valence-corrected chi connectivity index (χ1v) is 12.5. The molecule has 4 aromatic rings. The van der Waals surface area contributed by atoms with Crippen molar-refractivity contribution in [3.63, 3.8) is 0 Å². The summed E-state index contributed by atoms with van der Waals surface area (Å²) in [5.74, 6) is -0.383. The van der Waals surface area contributed by atoms with Crippen LogP contribution in [0.25, 0.3) is 11.0 Å². The first-order valence-electron chi connectivity index (χ1n) is 12.5. The number of carbonyl (C=O) groups is 2. The van der Waals surface area contributed by atoms with Crippen molar-refractivity contribution in [3.05, 3.63) is 89.5 Å². The largest absolute Gasteiger partial charge is 0.351 e. The monoisotopic (exact) mass is 481 g/mol. The number of aromatic nitrogens is 3. The Morgan fingerprint density at radius 2 is 1.61 bits per heavy atom. The van der Waals surface area contributed by atoms with E-state index in [1.807, 2.05) is 86.6 Å². The average molecular weight is 482 g/mol. The Bertz CT molecular complexity index is 1390. The van der Waals surface area contributed by atoms with E-state index < -0.39 is 6.04 Å². The summed E-state index contributed by atoms with van der Waals surface area (Å²) in [6, 6.07) is 22.4. The number of carbonyl (C=O) groups excluding carboxylic acids is 2. The van der Waals surface area contributed by atoms with Crippen LogP contribution in [0.3, 0.4) is 0 Å². The molecule has 36 heavy (non-hydrogen) atoms. The van der Waals surface area contributed by atoms with Crippen molar-refractivity contribution in [2.75, 3.05) is 4.90 Å². The van der Waals surface area contributed by atoms with Crippen LogP contribution in [-0.4, -0.2) is 32.9 Å². The molecule has 0 aliphatic heterocycles. The van der Waals surface area contributed by atoms with Gasteiger partial charge in [0.25, 0.3) is 0 Å². The lowest BCUT2D eigenvalue weighted by Crippen LogP contribution is -2.47. The van der Waals surface area contributed by atoms with Crippen LogP contribution in [0.15, 0.2) is 72.8 Å². The van der Waals surface area contributed by atoms with Crippen molar-refractivity contribution in [3.8, 4) is 0 Å². The third-order valence-electron chi connectivity index (χ3n) is 7.04. The second kappa shape index (κ2) is 10.3. The Kier molecular flexibility index (Phi) is 6.80. The Morgan fingerprint density at radius 1 is 0.944 bits per heavy atom. The smallest absolute Gasteiger partial charge is 0.249 e. The topological polar surface area (TPSA) is 80.1 Å². The molecule has 0 saturated heterocycles. The van der Waals surface area contributed by atoms with E-state index in [2.05, 4.69) is 15.6 Å². The molecule has 5 rings (SSSR count). The molecule has 1 N–H and O–H groups in total. The lowest BCUT2D eigenvalue weighted by atomic mass is 9.97. The van der Waals surface area contributed by atoms with Crippen molar-refractivity contribution < 1.29 is 9.59 Å². The molecule has 0 radical (unpaired) electrons. The van der Waals surface area contributed by atoms with E-state index in [1.54, 1.807) is 9.58 Å². The van der Waals surface area contributed by atoms with Crippen molar-refractivity contribution in [2.24, 2.45) is 0 Å². The highest BCUT2D eigenvalue weighted by atomic mass is 16.2. The number of hydrogen-bond donors (Lipinski definition) is 1. The second-order valence-corrected chi connectivity index (χ2v) is 9.54. The number of para-hydroxylation sites is 2. The van der Waals surface area contributed by atoms with Crippen LogP contribution < -0.4 is 10.2 Å². The molecule has 7 nitrogen and oxygen atoms in total. The summed E-state index contributed by atoms with van der Waals surface area (Å²) in [6.07, 6.45) is 4.16. The molecule has 0 bridgehead atoms. The van der Waals surface area contributed by atoms with Crippen LogP contribution in [0.4, 0.5) is 5.69 Å². The molecule has 184 valence electrons. The zero-order valence-electron chi connectivity index (χ0n) is 20.7. The fraction of sp³-hybridized carbons (Fsp3) is 0.310. The minimum Gasteiger partial charge on any atom is -0.351 e. The van der Waals surface area contributed by atoms with E-state index in [0.29, 0.717) is 5.69 Å². The van der Waals surface area contributed by atoms with E-state index in [1.165, 1.54) is 0 Å². The molecule has 1 saturated carbocycles. The number of fused-ring (bicyclic) bond motifs is 1. The summed E-state index contributed by atoms with van der Waals surface area (Å²) < 4.78 is 1.60. The van der Waals surface area contributed by atoms with Gasteiger partial charge in [-0.3, -0.25) is 14.5 Å². The molecular weight excluding hydrogens is 450 g/mol. The predicted octanol–water partition coefficient (Wildman–Crippen LogP) is 4.88. The number of nitrogens with one attached hydrogen (secondary N) is 1. The molecule has 2 amide bonds. The molecule has 1 aliphatic rings. The van der Waals surface area contributed by atoms with Gasteiger partial charge in [-0.2, -0.15) is 0 Å². The zero-order valence-corrected chi connectivity index (χ0v) is 20.7. The molecule has 1 aliphatic carbocycles. The lowest BCUT2D eigenvalue weighted by molar-refractivity contribution is -0.127. The maximum Gasteiger partial charge on any atom is 0.249 e. The summed E-state index contributed by atoms with van der Waals surface area (Å²) >= 11 is 0. The van der Waals surface area contributed by atoms with E-state index in [4.69, 9.17) is 0 Å². The van der Waals surface area contributed by atoms with Gasteiger partial charge in [0.05, 0.1) is 5.52 Å². The number of nitrogens with zero attached hydrogens (tertiary/aromatic N) is 4. The van der Waals surface area contributed by atoms with Gasteiger partial charge in [-0.25, -0.2) is 4.68 Å². The number of rotatable bonds is 7. The number of benzene rings is 3. The van der Waals surface area contributed by atoms with Crippen LogP contribution in [-0.2, 0) is 16.1 Å². The SMILES string of the molecule is Cc1ccccc1C(C(=O)NC1CCCC1)N(C(=O)Cn1nnc2ccccc21)c1ccccc1C. The fourth-order valence-electron chi connectivity index (χ4n) is 5.13. The van der Waals surface area contributed by atoms with Gasteiger partial charge in [-0.1, -0.05) is 72.7 Å². The van der Waals surface area contributed by atoms with Gasteiger partial charge in [-0.05, 0) is 61.6 Å². The molecule has 1 aromatic heterocycles. The van der Waals surface area contributed by atoms with Gasteiger partial charge in [0.1, 0.15) is 18.1 Å². The molecule has 7 heteroatoms. The molecule has 1 atom stereocenters. The number of amides is 2. The van der Waals surface area contributed by atoms with Gasteiger partial charge in [0.15, 0.2) is 0 Å². The van der Waals surface area contributed by atoms with Gasteiger partial charge < -0.3 is 5.32 Å². The van der Waals surface area contributed by atoms with Crippen LogP contribution in [0.1, 0.15) is 48.4 Å². The van der Waals surface area contributed by atoms with Crippen molar-refractivity contribution in [1.82, 2.24) is 20.3 Å². The molecule has 1 unspecified atom stereocenters. The Balaban J connectivity index is 1.60. The van der Waals surface area contributed by atoms with Crippen molar-refractivity contribution >= 4 is 28.5 Å². The normalized spacial score (nSPS) is 14.6. The highest BCUT2D eigenvalue weighted by molar-refractivity contribution is 6.02. The first-order chi connectivity index (χ1) is 17.5. The third-order valence-corrected chi connectivity index (χ3v) is 7.04. The molecule has 1 fully saturated rings. The van der Waals surface area contributed by atoms with E-state index in [-0.39, 0.29) is 24.4 Å². The van der Waals surface area contributed by atoms with Crippen LogP contribution in [0.2, 0.25) is 0 Å². The summed E-state index contributed by atoms with van der Waals surface area (Å²) in [7, 11) is 0. The molecule has 0 spiro atoms. The van der Waals surface area contributed by atoms with Crippen molar-refractivity contribution in [2.45, 2.75) is 58.2 Å². The molecule has 1 heterocycles. The van der Waals surface area contributed by atoms with E-state index in [0.717, 1.165) is 53.4 Å². The number of anilines is 1. The zero-order chi connectivity index (χ0) is 25.1. The number of hydrogen-bond acceptors (Lipinski definition) is 4. The quantitative estimate of drug-likeness (QED) is 0.408. The molecular formula is C29H31N5O2. The highest BCUT2D eigenvalue weighted by Gasteiger charge is 2.36. The Labute approximate surface area is 211 Å². The minimum absolute atomic E-state index is 0.0338. The van der Waals surface area contributed by atoms with Gasteiger partial charge in [-0.15, -0.1) is 5.10 Å². The van der Waals surface area contributed by atoms with Crippen LogP contribution in [0, 0.1) is 13.8 Å². The Hall–Kier alpha value is -4.00. The Morgan fingerprint density at radius 3 is 2.36 bits per heavy atom. The van der Waals surface area contributed by atoms with Crippen LogP contribution >= 0.6 is 0 Å². The van der Waals surface area contributed by atoms with Gasteiger partial charge in [0.2, 0.25) is 11.8 Å².